The van der Waals surface area contributed by atoms with Crippen LogP contribution in [0.4, 0.5) is 5.69 Å². The van der Waals surface area contributed by atoms with Crippen LogP contribution in [0.3, 0.4) is 0 Å². The molecule has 2 fully saturated rings. The molecule has 6 nitrogen and oxygen atoms in total. The van der Waals surface area contributed by atoms with Crippen molar-refractivity contribution in [2.24, 2.45) is 0 Å². The van der Waals surface area contributed by atoms with Gasteiger partial charge in [0.25, 0.3) is 5.69 Å². The molecule has 2 aliphatic heterocycles. The number of piperidine rings is 1. The minimum Gasteiger partial charge on any atom is -0.351 e. The van der Waals surface area contributed by atoms with Crippen molar-refractivity contribution in [3.8, 4) is 0 Å². The molecule has 1 N–H and O–H groups in total. The number of benzene rings is 1. The summed E-state index contributed by atoms with van der Waals surface area (Å²) >= 11 is 0. The summed E-state index contributed by atoms with van der Waals surface area (Å²) in [4.78, 5) is 24.9. The summed E-state index contributed by atoms with van der Waals surface area (Å²) in [5, 5.41) is 13.8. The fourth-order valence-corrected chi connectivity index (χ4v) is 3.59. The SMILES string of the molecule is O=C(Cc1ccc([N+](=O)[O-])cc1)NC1CCN2CCCCC12. The number of carbonyl (C=O) groups excluding carboxylic acids is 1. The Morgan fingerprint density at radius 2 is 2.00 bits per heavy atom. The molecule has 2 unspecified atom stereocenters. The van der Waals surface area contributed by atoms with Crippen LogP contribution in [0.25, 0.3) is 0 Å². The Hall–Kier alpha value is -1.95. The van der Waals surface area contributed by atoms with Gasteiger partial charge in [-0.3, -0.25) is 19.8 Å². The van der Waals surface area contributed by atoms with E-state index in [0.717, 1.165) is 25.1 Å². The maximum absolute atomic E-state index is 12.2. The van der Waals surface area contributed by atoms with Crippen molar-refractivity contribution in [3.05, 3.63) is 39.9 Å². The van der Waals surface area contributed by atoms with Crippen LogP contribution in [0.5, 0.6) is 0 Å². The molecule has 0 radical (unpaired) electrons. The Bertz CT molecular complexity index is 558. The number of hydrogen-bond donors (Lipinski definition) is 1. The van der Waals surface area contributed by atoms with Gasteiger partial charge in [0.2, 0.25) is 5.91 Å². The average Bonchev–Trinajstić information content (AvgIpc) is 2.91. The summed E-state index contributed by atoms with van der Waals surface area (Å²) in [6.45, 7) is 2.23. The highest BCUT2D eigenvalue weighted by molar-refractivity contribution is 5.79. The number of nitrogens with zero attached hydrogens (tertiary/aromatic N) is 2. The van der Waals surface area contributed by atoms with Crippen LogP contribution in [-0.2, 0) is 11.2 Å². The lowest BCUT2D eigenvalue weighted by atomic mass is 9.99. The van der Waals surface area contributed by atoms with Crippen LogP contribution in [0.15, 0.2) is 24.3 Å². The Morgan fingerprint density at radius 3 is 2.73 bits per heavy atom. The van der Waals surface area contributed by atoms with Crippen molar-refractivity contribution >= 4 is 11.6 Å². The molecule has 0 saturated carbocycles. The van der Waals surface area contributed by atoms with Crippen molar-refractivity contribution in [2.75, 3.05) is 13.1 Å². The second-order valence-electron chi connectivity index (χ2n) is 6.16. The van der Waals surface area contributed by atoms with Crippen LogP contribution in [0, 0.1) is 10.1 Å². The van der Waals surface area contributed by atoms with Crippen molar-refractivity contribution in [3.63, 3.8) is 0 Å². The zero-order valence-corrected chi connectivity index (χ0v) is 12.5. The summed E-state index contributed by atoms with van der Waals surface area (Å²) in [5.74, 6) is 0.00581. The molecule has 0 aliphatic carbocycles. The third-order valence-corrected chi connectivity index (χ3v) is 4.71. The summed E-state index contributed by atoms with van der Waals surface area (Å²) in [5.41, 5.74) is 0.861. The third-order valence-electron chi connectivity index (χ3n) is 4.71. The van der Waals surface area contributed by atoms with Crippen molar-refractivity contribution in [2.45, 2.75) is 44.2 Å². The average molecular weight is 303 g/mol. The Kier molecular flexibility index (Phi) is 4.38. The molecule has 0 bridgehead atoms. The maximum Gasteiger partial charge on any atom is 0.269 e. The predicted molar refractivity (Wildman–Crippen MR) is 82.6 cm³/mol. The monoisotopic (exact) mass is 303 g/mol. The number of rotatable bonds is 4. The number of carbonyl (C=O) groups is 1. The lowest BCUT2D eigenvalue weighted by molar-refractivity contribution is -0.384. The van der Waals surface area contributed by atoms with Gasteiger partial charge in [-0.1, -0.05) is 18.6 Å². The van der Waals surface area contributed by atoms with E-state index in [0.29, 0.717) is 6.04 Å². The second-order valence-corrected chi connectivity index (χ2v) is 6.16. The zero-order valence-electron chi connectivity index (χ0n) is 12.5. The molecule has 118 valence electrons. The predicted octanol–water partition coefficient (Wildman–Crippen LogP) is 1.88. The molecule has 2 aliphatic rings. The highest BCUT2D eigenvalue weighted by Gasteiger charge is 2.36. The summed E-state index contributed by atoms with van der Waals surface area (Å²) in [7, 11) is 0. The van der Waals surface area contributed by atoms with Gasteiger partial charge in [-0.25, -0.2) is 0 Å². The standard InChI is InChI=1S/C16H21N3O3/c20-16(11-12-4-6-13(7-5-12)19(21)22)17-14-8-10-18-9-2-1-3-15(14)18/h4-7,14-15H,1-3,8-11H2,(H,17,20). The number of nitro groups is 1. The number of fused-ring (bicyclic) bond motifs is 1. The molecule has 1 aromatic rings. The largest absolute Gasteiger partial charge is 0.351 e. The van der Waals surface area contributed by atoms with E-state index in [1.54, 1.807) is 12.1 Å². The minimum atomic E-state index is -0.431. The third kappa shape index (κ3) is 3.27. The normalized spacial score (nSPS) is 24.7. The highest BCUT2D eigenvalue weighted by atomic mass is 16.6. The van der Waals surface area contributed by atoms with E-state index in [9.17, 15) is 14.9 Å². The maximum atomic E-state index is 12.2. The summed E-state index contributed by atoms with van der Waals surface area (Å²) in [6, 6.07) is 6.95. The van der Waals surface area contributed by atoms with Crippen molar-refractivity contribution in [1.82, 2.24) is 10.2 Å². The molecule has 2 atom stereocenters. The topological polar surface area (TPSA) is 75.5 Å². The van der Waals surface area contributed by atoms with Gasteiger partial charge in [0.05, 0.1) is 11.3 Å². The van der Waals surface area contributed by atoms with Crippen molar-refractivity contribution in [1.29, 1.82) is 0 Å². The van der Waals surface area contributed by atoms with Crippen LogP contribution in [-0.4, -0.2) is 40.9 Å². The van der Waals surface area contributed by atoms with Gasteiger partial charge in [-0.15, -0.1) is 0 Å². The van der Waals surface area contributed by atoms with E-state index in [1.807, 2.05) is 0 Å². The van der Waals surface area contributed by atoms with Gasteiger partial charge >= 0.3 is 0 Å². The Morgan fingerprint density at radius 1 is 1.23 bits per heavy atom. The molecule has 0 aromatic heterocycles. The Balaban J connectivity index is 1.55. The van der Waals surface area contributed by atoms with Crippen LogP contribution in [0.1, 0.15) is 31.2 Å². The van der Waals surface area contributed by atoms with E-state index in [-0.39, 0.29) is 24.1 Å². The number of amides is 1. The Labute approximate surface area is 129 Å². The van der Waals surface area contributed by atoms with Gasteiger partial charge in [0.1, 0.15) is 0 Å². The number of nitrogens with one attached hydrogen (secondary N) is 1. The molecule has 1 amide bonds. The van der Waals surface area contributed by atoms with Crippen molar-refractivity contribution < 1.29 is 9.72 Å². The number of hydrogen-bond acceptors (Lipinski definition) is 4. The zero-order chi connectivity index (χ0) is 15.5. The highest BCUT2D eigenvalue weighted by Crippen LogP contribution is 2.27. The van der Waals surface area contributed by atoms with Gasteiger partial charge in [0, 0.05) is 30.8 Å². The summed E-state index contributed by atoms with van der Waals surface area (Å²) in [6.07, 6.45) is 4.98. The molecule has 1 aromatic carbocycles. The van der Waals surface area contributed by atoms with Gasteiger partial charge < -0.3 is 5.32 Å². The molecular formula is C16H21N3O3. The quantitative estimate of drug-likeness (QED) is 0.680. The lowest BCUT2D eigenvalue weighted by Crippen LogP contribution is -2.47. The summed E-state index contributed by atoms with van der Waals surface area (Å²) < 4.78 is 0. The molecule has 2 saturated heterocycles. The molecule has 3 rings (SSSR count). The first kappa shape index (κ1) is 15.0. The van der Waals surface area contributed by atoms with Gasteiger partial charge in [0.15, 0.2) is 0 Å². The molecule has 22 heavy (non-hydrogen) atoms. The van der Waals surface area contributed by atoms with Crippen LogP contribution >= 0.6 is 0 Å². The first-order valence-electron chi connectivity index (χ1n) is 7.90. The fourth-order valence-electron chi connectivity index (χ4n) is 3.59. The lowest BCUT2D eigenvalue weighted by Gasteiger charge is -2.32. The molecular weight excluding hydrogens is 282 g/mol. The van der Waals surface area contributed by atoms with E-state index in [4.69, 9.17) is 0 Å². The number of non-ortho nitro benzene ring substituents is 1. The smallest absolute Gasteiger partial charge is 0.269 e. The number of nitro benzene ring substituents is 1. The minimum absolute atomic E-state index is 0.00581. The van der Waals surface area contributed by atoms with E-state index in [2.05, 4.69) is 10.2 Å². The van der Waals surface area contributed by atoms with Crippen LogP contribution in [0.2, 0.25) is 0 Å². The van der Waals surface area contributed by atoms with E-state index >= 15 is 0 Å². The van der Waals surface area contributed by atoms with Gasteiger partial charge in [-0.05, 0) is 31.4 Å². The van der Waals surface area contributed by atoms with Gasteiger partial charge in [-0.2, -0.15) is 0 Å². The first-order chi connectivity index (χ1) is 10.6. The molecule has 0 spiro atoms. The fraction of sp³-hybridized carbons (Fsp3) is 0.562. The first-order valence-corrected chi connectivity index (χ1v) is 7.90. The molecule has 6 heteroatoms. The molecule has 2 heterocycles. The van der Waals surface area contributed by atoms with Crippen LogP contribution < -0.4 is 5.32 Å². The second kappa shape index (κ2) is 6.44. The van der Waals surface area contributed by atoms with E-state index < -0.39 is 4.92 Å². The van der Waals surface area contributed by atoms with E-state index in [1.165, 1.54) is 31.4 Å².